The fourth-order valence-corrected chi connectivity index (χ4v) is 1.08. The number of rotatable bonds is 9. The lowest BCUT2D eigenvalue weighted by Crippen LogP contribution is -2.33. The van der Waals surface area contributed by atoms with E-state index in [9.17, 15) is 0 Å². The van der Waals surface area contributed by atoms with Crippen molar-refractivity contribution in [1.29, 1.82) is 0 Å². The summed E-state index contributed by atoms with van der Waals surface area (Å²) in [5.74, 6) is 0. The molecule has 0 bridgehead atoms. The molecular weight excluding hydrogens is 148 g/mol. The van der Waals surface area contributed by atoms with E-state index in [-0.39, 0.29) is 0 Å². The van der Waals surface area contributed by atoms with Gasteiger partial charge in [-0.2, -0.15) is 0 Å². The molecule has 0 amide bonds. The van der Waals surface area contributed by atoms with E-state index in [0.29, 0.717) is 0 Å². The quantitative estimate of drug-likeness (QED) is 0.412. The van der Waals surface area contributed by atoms with E-state index < -0.39 is 0 Å². The maximum atomic E-state index is 3.23. The third-order valence-corrected chi connectivity index (χ3v) is 1.94. The van der Waals surface area contributed by atoms with Crippen molar-refractivity contribution in [3.05, 3.63) is 0 Å². The second-order valence-corrected chi connectivity index (χ2v) is 3.27. The van der Waals surface area contributed by atoms with Gasteiger partial charge in [0.1, 0.15) is 0 Å². The van der Waals surface area contributed by atoms with Crippen LogP contribution in [0.2, 0.25) is 0 Å². The van der Waals surface area contributed by atoms with Crippen molar-refractivity contribution in [2.24, 2.45) is 0 Å². The number of hydrazine groups is 1. The summed E-state index contributed by atoms with van der Waals surface area (Å²) in [4.78, 5) is 0. The molecule has 0 radical (unpaired) electrons. The SMILES string of the molecule is CCCCCCNNCCCC. The van der Waals surface area contributed by atoms with Crippen LogP contribution in [0.4, 0.5) is 0 Å². The van der Waals surface area contributed by atoms with Gasteiger partial charge in [-0.05, 0) is 12.8 Å². The Labute approximate surface area is 77.1 Å². The van der Waals surface area contributed by atoms with Crippen LogP contribution in [0, 0.1) is 0 Å². The Bertz CT molecular complexity index is 64.2. The average Bonchev–Trinajstić information content (AvgIpc) is 2.10. The lowest BCUT2D eigenvalue weighted by molar-refractivity contribution is 0.496. The van der Waals surface area contributed by atoms with Crippen LogP contribution in [0.15, 0.2) is 0 Å². The van der Waals surface area contributed by atoms with Crippen LogP contribution in [-0.4, -0.2) is 13.1 Å². The number of hydrogen-bond donors (Lipinski definition) is 2. The smallest absolute Gasteiger partial charge is 0.00997 e. The third kappa shape index (κ3) is 9.92. The van der Waals surface area contributed by atoms with E-state index in [1.165, 1.54) is 38.5 Å². The largest absolute Gasteiger partial charge is 0.258 e. The van der Waals surface area contributed by atoms with Crippen molar-refractivity contribution in [3.8, 4) is 0 Å². The lowest BCUT2D eigenvalue weighted by atomic mass is 10.2. The van der Waals surface area contributed by atoms with Crippen LogP contribution < -0.4 is 10.9 Å². The van der Waals surface area contributed by atoms with Crippen molar-refractivity contribution in [2.75, 3.05) is 13.1 Å². The molecule has 0 heterocycles. The molecular formula is C10H24N2. The molecule has 0 aromatic carbocycles. The second kappa shape index (κ2) is 10.9. The molecule has 12 heavy (non-hydrogen) atoms. The van der Waals surface area contributed by atoms with Crippen molar-refractivity contribution in [1.82, 2.24) is 10.9 Å². The van der Waals surface area contributed by atoms with Crippen LogP contribution in [0.3, 0.4) is 0 Å². The summed E-state index contributed by atoms with van der Waals surface area (Å²) in [6.45, 7) is 6.67. The van der Waals surface area contributed by atoms with E-state index in [4.69, 9.17) is 0 Å². The average molecular weight is 172 g/mol. The fraction of sp³-hybridized carbons (Fsp3) is 1.00. The maximum Gasteiger partial charge on any atom is 0.00997 e. The van der Waals surface area contributed by atoms with Crippen LogP contribution in [0.1, 0.15) is 52.4 Å². The van der Waals surface area contributed by atoms with Crippen molar-refractivity contribution < 1.29 is 0 Å². The first-order chi connectivity index (χ1) is 5.91. The predicted molar refractivity (Wildman–Crippen MR) is 55.1 cm³/mol. The Morgan fingerprint density at radius 2 is 1.25 bits per heavy atom. The summed E-state index contributed by atoms with van der Waals surface area (Å²) in [5.41, 5.74) is 6.44. The van der Waals surface area contributed by atoms with Gasteiger partial charge < -0.3 is 0 Å². The van der Waals surface area contributed by atoms with Gasteiger partial charge in [0.15, 0.2) is 0 Å². The van der Waals surface area contributed by atoms with Gasteiger partial charge in [0.25, 0.3) is 0 Å². The second-order valence-electron chi connectivity index (χ2n) is 3.27. The molecule has 0 fully saturated rings. The Hall–Kier alpha value is -0.0800. The molecule has 0 aliphatic rings. The standard InChI is InChI=1S/C10H24N2/c1-3-5-7-8-10-12-11-9-6-4-2/h11-12H,3-10H2,1-2H3. The molecule has 0 aromatic rings. The Balaban J connectivity index is 2.73. The van der Waals surface area contributed by atoms with E-state index in [2.05, 4.69) is 24.7 Å². The molecule has 2 N–H and O–H groups in total. The molecule has 0 aromatic heterocycles. The number of nitrogens with one attached hydrogen (secondary N) is 2. The minimum Gasteiger partial charge on any atom is -0.258 e. The first kappa shape index (κ1) is 11.9. The summed E-state index contributed by atoms with van der Waals surface area (Å²) in [6, 6.07) is 0. The topological polar surface area (TPSA) is 24.1 Å². The van der Waals surface area contributed by atoms with E-state index in [1.807, 2.05) is 0 Å². The van der Waals surface area contributed by atoms with Gasteiger partial charge in [-0.15, -0.1) is 0 Å². The Morgan fingerprint density at radius 1 is 0.667 bits per heavy atom. The Kier molecular flexibility index (Phi) is 10.8. The maximum absolute atomic E-state index is 3.23. The highest BCUT2D eigenvalue weighted by atomic mass is 15.3. The minimum absolute atomic E-state index is 1.10. The van der Waals surface area contributed by atoms with Gasteiger partial charge in [0.2, 0.25) is 0 Å². The summed E-state index contributed by atoms with van der Waals surface area (Å²) in [6.07, 6.45) is 7.89. The van der Waals surface area contributed by atoms with Gasteiger partial charge in [-0.3, -0.25) is 10.9 Å². The normalized spacial score (nSPS) is 10.5. The predicted octanol–water partition coefficient (Wildman–Crippen LogP) is 2.46. The third-order valence-electron chi connectivity index (χ3n) is 1.94. The highest BCUT2D eigenvalue weighted by molar-refractivity contribution is 4.45. The van der Waals surface area contributed by atoms with Crippen molar-refractivity contribution >= 4 is 0 Å². The molecule has 0 saturated carbocycles. The van der Waals surface area contributed by atoms with E-state index >= 15 is 0 Å². The molecule has 0 atom stereocenters. The first-order valence-corrected chi connectivity index (χ1v) is 5.37. The lowest BCUT2D eigenvalue weighted by Gasteiger charge is -2.05. The Morgan fingerprint density at radius 3 is 1.83 bits per heavy atom. The van der Waals surface area contributed by atoms with Crippen LogP contribution >= 0.6 is 0 Å². The number of unbranched alkanes of at least 4 members (excludes halogenated alkanes) is 4. The molecule has 2 heteroatoms. The van der Waals surface area contributed by atoms with Crippen molar-refractivity contribution in [3.63, 3.8) is 0 Å². The highest BCUT2D eigenvalue weighted by Gasteiger charge is 1.87. The first-order valence-electron chi connectivity index (χ1n) is 5.37. The monoisotopic (exact) mass is 172 g/mol. The van der Waals surface area contributed by atoms with Gasteiger partial charge in [-0.1, -0.05) is 39.5 Å². The molecule has 0 saturated heterocycles. The molecule has 0 unspecified atom stereocenters. The molecule has 2 nitrogen and oxygen atoms in total. The number of hydrogen-bond acceptors (Lipinski definition) is 2. The molecule has 0 rings (SSSR count). The van der Waals surface area contributed by atoms with Gasteiger partial charge in [-0.25, -0.2) is 0 Å². The minimum atomic E-state index is 1.10. The fourth-order valence-electron chi connectivity index (χ4n) is 1.08. The van der Waals surface area contributed by atoms with Crippen molar-refractivity contribution in [2.45, 2.75) is 52.4 Å². The van der Waals surface area contributed by atoms with Crippen LogP contribution in [0.25, 0.3) is 0 Å². The van der Waals surface area contributed by atoms with Gasteiger partial charge >= 0.3 is 0 Å². The summed E-state index contributed by atoms with van der Waals surface area (Å²) in [7, 11) is 0. The molecule has 0 aliphatic carbocycles. The molecule has 74 valence electrons. The summed E-state index contributed by atoms with van der Waals surface area (Å²) >= 11 is 0. The van der Waals surface area contributed by atoms with Gasteiger partial charge in [0.05, 0.1) is 0 Å². The zero-order chi connectivity index (χ0) is 9.07. The molecule has 0 spiro atoms. The highest BCUT2D eigenvalue weighted by Crippen LogP contribution is 1.96. The zero-order valence-electron chi connectivity index (χ0n) is 8.66. The van der Waals surface area contributed by atoms with E-state index in [0.717, 1.165) is 13.1 Å². The van der Waals surface area contributed by atoms with Crippen LogP contribution in [0.5, 0.6) is 0 Å². The summed E-state index contributed by atoms with van der Waals surface area (Å²) < 4.78 is 0. The van der Waals surface area contributed by atoms with E-state index in [1.54, 1.807) is 0 Å². The van der Waals surface area contributed by atoms with Crippen LogP contribution in [-0.2, 0) is 0 Å². The molecule has 0 aliphatic heterocycles. The van der Waals surface area contributed by atoms with Gasteiger partial charge in [0, 0.05) is 13.1 Å². The summed E-state index contributed by atoms with van der Waals surface area (Å²) in [5, 5.41) is 0. The zero-order valence-corrected chi connectivity index (χ0v) is 8.66.